The molecule has 8 heteroatoms. The molecule has 0 unspecified atom stereocenters. The first kappa shape index (κ1) is 18.8. The fourth-order valence-electron chi connectivity index (χ4n) is 2.38. The van der Waals surface area contributed by atoms with Crippen molar-refractivity contribution in [2.24, 2.45) is 5.73 Å². The summed E-state index contributed by atoms with van der Waals surface area (Å²) in [6.45, 7) is 1.60. The number of amides is 1. The number of nitrogens with two attached hydrogens (primary N) is 1. The van der Waals surface area contributed by atoms with E-state index in [9.17, 15) is 18.0 Å². The van der Waals surface area contributed by atoms with Gasteiger partial charge in [0.1, 0.15) is 5.84 Å². The Morgan fingerprint density at radius 3 is 2.28 bits per heavy atom. The number of alkyl halides is 3. The van der Waals surface area contributed by atoms with Crippen molar-refractivity contribution in [1.82, 2.24) is 0 Å². The zero-order chi connectivity index (χ0) is 18.8. The first-order chi connectivity index (χ1) is 11.6. The van der Waals surface area contributed by atoms with Gasteiger partial charge < -0.3 is 11.1 Å². The molecule has 132 valence electrons. The van der Waals surface area contributed by atoms with Gasteiger partial charge in [0.15, 0.2) is 0 Å². The van der Waals surface area contributed by atoms with Gasteiger partial charge in [0, 0.05) is 22.6 Å². The molecule has 0 aliphatic rings. The van der Waals surface area contributed by atoms with Gasteiger partial charge in [0.25, 0.3) is 0 Å². The van der Waals surface area contributed by atoms with Crippen LogP contribution in [0.1, 0.15) is 24.5 Å². The minimum absolute atomic E-state index is 0.0531. The van der Waals surface area contributed by atoms with Crippen molar-refractivity contribution < 1.29 is 18.0 Å². The van der Waals surface area contributed by atoms with E-state index in [1.807, 2.05) is 0 Å². The van der Waals surface area contributed by atoms with E-state index in [1.165, 1.54) is 24.3 Å². The van der Waals surface area contributed by atoms with E-state index in [1.54, 1.807) is 6.92 Å². The molecule has 4 N–H and O–H groups in total. The lowest BCUT2D eigenvalue weighted by molar-refractivity contribution is -0.137. The molecule has 25 heavy (non-hydrogen) atoms. The third-order valence-electron chi connectivity index (χ3n) is 3.51. The maximum atomic E-state index is 13.5. The normalized spacial score (nSPS) is 11.2. The lowest BCUT2D eigenvalue weighted by Crippen LogP contribution is -2.21. The maximum absolute atomic E-state index is 13.5. The molecule has 0 aliphatic carbocycles. The number of nitrogen functional groups attached to an aromatic ring is 1. The smallest absolute Gasteiger partial charge is 0.384 e. The molecule has 0 heterocycles. The highest BCUT2D eigenvalue weighted by molar-refractivity contribution is 6.30. The van der Waals surface area contributed by atoms with Gasteiger partial charge in [0.05, 0.1) is 11.3 Å². The molecule has 0 bridgehead atoms. The quantitative estimate of drug-likeness (QED) is 0.541. The van der Waals surface area contributed by atoms with Crippen LogP contribution in [0.4, 0.5) is 18.9 Å². The number of benzene rings is 2. The van der Waals surface area contributed by atoms with Crippen molar-refractivity contribution in [2.45, 2.75) is 19.5 Å². The van der Waals surface area contributed by atoms with Gasteiger partial charge in [-0.2, -0.15) is 13.2 Å². The van der Waals surface area contributed by atoms with Crippen LogP contribution in [0.3, 0.4) is 0 Å². The number of anilines is 1. The minimum atomic E-state index is -4.66. The molecule has 0 spiro atoms. The number of hydrogen-bond acceptors (Lipinski definition) is 2. The predicted molar refractivity (Wildman–Crippen MR) is 91.8 cm³/mol. The largest absolute Gasteiger partial charge is 0.417 e. The van der Waals surface area contributed by atoms with Gasteiger partial charge in [0.2, 0.25) is 5.91 Å². The van der Waals surface area contributed by atoms with Gasteiger partial charge in [-0.3, -0.25) is 10.2 Å². The topological polar surface area (TPSA) is 79.0 Å². The van der Waals surface area contributed by atoms with Crippen molar-refractivity contribution >= 4 is 29.0 Å². The summed E-state index contributed by atoms with van der Waals surface area (Å²) in [5, 5.41) is 10.6. The lowest BCUT2D eigenvalue weighted by Gasteiger charge is -2.20. The molecule has 0 saturated heterocycles. The Morgan fingerprint density at radius 2 is 1.80 bits per heavy atom. The first-order valence-electron chi connectivity index (χ1n) is 7.29. The van der Waals surface area contributed by atoms with Crippen molar-refractivity contribution in [3.63, 3.8) is 0 Å². The van der Waals surface area contributed by atoms with Crippen LogP contribution in [0.5, 0.6) is 0 Å². The minimum Gasteiger partial charge on any atom is -0.384 e. The van der Waals surface area contributed by atoms with E-state index in [0.29, 0.717) is 5.02 Å². The van der Waals surface area contributed by atoms with Crippen LogP contribution < -0.4 is 11.1 Å². The molecular formula is C17H15ClF3N3O. The second-order valence-corrected chi connectivity index (χ2v) is 5.67. The molecule has 1 amide bonds. The van der Waals surface area contributed by atoms with Crippen LogP contribution in [-0.2, 0) is 11.0 Å². The Hall–Kier alpha value is -2.54. The summed E-state index contributed by atoms with van der Waals surface area (Å²) in [6, 6.07) is 7.67. The number of carbonyl (C=O) groups excluding carboxylic acids is 1. The highest BCUT2D eigenvalue weighted by Gasteiger charge is 2.36. The van der Waals surface area contributed by atoms with E-state index in [2.05, 4.69) is 5.32 Å². The first-order valence-corrected chi connectivity index (χ1v) is 7.67. The summed E-state index contributed by atoms with van der Waals surface area (Å²) >= 11 is 5.80. The summed E-state index contributed by atoms with van der Waals surface area (Å²) in [5.74, 6) is -0.980. The Morgan fingerprint density at radius 1 is 1.20 bits per heavy atom. The van der Waals surface area contributed by atoms with Crippen molar-refractivity contribution in [1.29, 1.82) is 5.41 Å². The molecule has 0 aliphatic heterocycles. The van der Waals surface area contributed by atoms with Crippen LogP contribution in [0.15, 0.2) is 36.4 Å². The van der Waals surface area contributed by atoms with E-state index in [0.717, 1.165) is 12.1 Å². The molecule has 2 aromatic rings. The van der Waals surface area contributed by atoms with Crippen LogP contribution in [0.2, 0.25) is 5.02 Å². The molecule has 2 aromatic carbocycles. The number of rotatable bonds is 4. The van der Waals surface area contributed by atoms with Gasteiger partial charge in [-0.1, -0.05) is 30.7 Å². The fourth-order valence-corrected chi connectivity index (χ4v) is 2.50. The average molecular weight is 370 g/mol. The van der Waals surface area contributed by atoms with Gasteiger partial charge in [-0.05, 0) is 29.8 Å². The highest BCUT2D eigenvalue weighted by Crippen LogP contribution is 2.41. The number of hydrogen-bond donors (Lipinski definition) is 3. The monoisotopic (exact) mass is 369 g/mol. The lowest BCUT2D eigenvalue weighted by atomic mass is 9.92. The fraction of sp³-hybridized carbons (Fsp3) is 0.176. The van der Waals surface area contributed by atoms with Crippen LogP contribution in [-0.4, -0.2) is 11.7 Å². The maximum Gasteiger partial charge on any atom is 0.417 e. The molecule has 2 rings (SSSR count). The van der Waals surface area contributed by atoms with Crippen LogP contribution >= 0.6 is 11.6 Å². The van der Waals surface area contributed by atoms with Crippen LogP contribution in [0.25, 0.3) is 11.1 Å². The molecule has 0 saturated carbocycles. The van der Waals surface area contributed by atoms with Crippen molar-refractivity contribution in [3.05, 3.63) is 52.5 Å². The second-order valence-electron chi connectivity index (χ2n) is 5.23. The number of halogens is 4. The Kier molecular flexibility index (Phi) is 5.37. The van der Waals surface area contributed by atoms with Crippen molar-refractivity contribution in [2.75, 3.05) is 5.32 Å². The summed E-state index contributed by atoms with van der Waals surface area (Å²) in [5.41, 5.74) is 4.39. The SMILES string of the molecule is CCC(=O)Nc1ccc(C(F)(F)F)c(-c2ccc(Cl)cc2)c1C(=N)N. The standard InChI is InChI=1S/C17H15ClF3N3O/c1-2-13(25)24-12-8-7-11(17(19,20)21)14(15(12)16(22)23)9-3-5-10(18)6-4-9/h3-8H,2H2,1H3,(H3,22,23)(H,24,25). The molecule has 0 atom stereocenters. The van der Waals surface area contributed by atoms with Gasteiger partial charge in [-0.15, -0.1) is 0 Å². The molecule has 0 aromatic heterocycles. The molecular weight excluding hydrogens is 355 g/mol. The van der Waals surface area contributed by atoms with Crippen molar-refractivity contribution in [3.8, 4) is 11.1 Å². The van der Waals surface area contributed by atoms with E-state index in [-0.39, 0.29) is 28.8 Å². The third-order valence-corrected chi connectivity index (χ3v) is 3.76. The number of nitrogens with one attached hydrogen (secondary N) is 2. The molecule has 4 nitrogen and oxygen atoms in total. The van der Waals surface area contributed by atoms with Gasteiger partial charge in [-0.25, -0.2) is 0 Å². The zero-order valence-corrected chi connectivity index (χ0v) is 13.9. The predicted octanol–water partition coefficient (Wildman–Crippen LogP) is 4.66. The third kappa shape index (κ3) is 4.11. The number of carbonyl (C=O) groups is 1. The molecule has 0 fully saturated rings. The van der Waals surface area contributed by atoms with E-state index >= 15 is 0 Å². The average Bonchev–Trinajstić information content (AvgIpc) is 2.53. The number of amidine groups is 1. The summed E-state index contributed by atoms with van der Waals surface area (Å²) in [6.07, 6.45) is -4.53. The Labute approximate surface area is 147 Å². The molecule has 0 radical (unpaired) electrons. The van der Waals surface area contributed by atoms with Gasteiger partial charge >= 0.3 is 6.18 Å². The van der Waals surface area contributed by atoms with E-state index in [4.69, 9.17) is 22.7 Å². The second kappa shape index (κ2) is 7.14. The Balaban J connectivity index is 2.82. The Bertz CT molecular complexity index is 817. The summed E-state index contributed by atoms with van der Waals surface area (Å²) in [4.78, 5) is 11.7. The summed E-state index contributed by atoms with van der Waals surface area (Å²) < 4.78 is 40.5. The summed E-state index contributed by atoms with van der Waals surface area (Å²) in [7, 11) is 0. The zero-order valence-electron chi connectivity index (χ0n) is 13.2. The van der Waals surface area contributed by atoms with Crippen LogP contribution in [0, 0.1) is 5.41 Å². The van der Waals surface area contributed by atoms with E-state index < -0.39 is 23.5 Å². The highest BCUT2D eigenvalue weighted by atomic mass is 35.5.